The van der Waals surface area contributed by atoms with Crippen molar-refractivity contribution in [3.63, 3.8) is 0 Å². The van der Waals surface area contributed by atoms with E-state index in [-0.39, 0.29) is 5.91 Å². The van der Waals surface area contributed by atoms with Crippen molar-refractivity contribution in [3.05, 3.63) is 44.6 Å². The molecule has 0 spiro atoms. The van der Waals surface area contributed by atoms with Gasteiger partial charge in [-0.25, -0.2) is 4.98 Å². The molecule has 1 aliphatic heterocycles. The monoisotopic (exact) mass is 429 g/mol. The molecule has 4 rings (SSSR count). The van der Waals surface area contributed by atoms with Crippen molar-refractivity contribution in [2.45, 2.75) is 58.9 Å². The number of nitrogens with one attached hydrogen (secondary N) is 1. The summed E-state index contributed by atoms with van der Waals surface area (Å²) in [6, 6.07) is 5.48. The van der Waals surface area contributed by atoms with Crippen LogP contribution in [0.1, 0.15) is 65.2 Å². The Hall–Kier alpha value is -2.25. The van der Waals surface area contributed by atoms with Crippen molar-refractivity contribution < 1.29 is 4.79 Å². The summed E-state index contributed by atoms with van der Waals surface area (Å²) < 4.78 is 2.15. The van der Waals surface area contributed by atoms with Gasteiger partial charge in [-0.2, -0.15) is 0 Å². The van der Waals surface area contributed by atoms with Crippen LogP contribution in [0.15, 0.2) is 18.2 Å². The van der Waals surface area contributed by atoms with Gasteiger partial charge in [-0.05, 0) is 38.0 Å². The van der Waals surface area contributed by atoms with E-state index in [2.05, 4.69) is 38.9 Å². The van der Waals surface area contributed by atoms with Gasteiger partial charge < -0.3 is 9.88 Å². The van der Waals surface area contributed by atoms with E-state index in [1.165, 1.54) is 17.8 Å². The minimum Gasteiger partial charge on any atom is -0.321 e. The summed E-state index contributed by atoms with van der Waals surface area (Å²) in [6.45, 7) is 6.92. The van der Waals surface area contributed by atoms with Crippen molar-refractivity contribution in [2.75, 3.05) is 5.32 Å². The number of benzene rings is 1. The number of aromatic nitrogens is 4. The van der Waals surface area contributed by atoms with Gasteiger partial charge in [0.05, 0.1) is 15.7 Å². The fraction of sp³-hybridized carbons (Fsp3) is 0.429. The van der Waals surface area contributed by atoms with E-state index in [1.54, 1.807) is 6.07 Å². The van der Waals surface area contributed by atoms with E-state index in [1.807, 2.05) is 19.1 Å². The van der Waals surface area contributed by atoms with Crippen molar-refractivity contribution in [1.29, 1.82) is 0 Å². The number of carbonyl (C=O) groups is 1. The maximum Gasteiger partial charge on any atom is 0.267 e. The molecule has 0 atom stereocenters. The van der Waals surface area contributed by atoms with Crippen molar-refractivity contribution in [3.8, 4) is 11.4 Å². The highest BCUT2D eigenvalue weighted by molar-refractivity contribution is 7.14. The lowest BCUT2D eigenvalue weighted by Crippen LogP contribution is -2.11. The molecular weight excluding hydrogens is 406 g/mol. The Morgan fingerprint density at radius 1 is 1.24 bits per heavy atom. The molecule has 0 bridgehead atoms. The van der Waals surface area contributed by atoms with Crippen LogP contribution in [0.5, 0.6) is 0 Å². The fourth-order valence-corrected chi connectivity index (χ4v) is 4.69. The number of amides is 1. The molecule has 0 unspecified atom stereocenters. The molecule has 0 aliphatic carbocycles. The average Bonchev–Trinajstić information content (AvgIpc) is 3.19. The van der Waals surface area contributed by atoms with Crippen LogP contribution in [0.2, 0.25) is 5.02 Å². The molecule has 0 fully saturated rings. The molecule has 6 nitrogen and oxygen atoms in total. The van der Waals surface area contributed by atoms with Crippen molar-refractivity contribution >= 4 is 34.5 Å². The number of carbonyl (C=O) groups excluding carboxylic acids is 1. The third-order valence-electron chi connectivity index (χ3n) is 5.09. The lowest BCUT2D eigenvalue weighted by molar-refractivity contribution is 0.103. The summed E-state index contributed by atoms with van der Waals surface area (Å²) in [4.78, 5) is 18.0. The van der Waals surface area contributed by atoms with Crippen LogP contribution in [-0.2, 0) is 13.0 Å². The quantitative estimate of drug-likeness (QED) is 0.597. The highest BCUT2D eigenvalue weighted by Gasteiger charge is 2.20. The maximum absolute atomic E-state index is 12.8. The van der Waals surface area contributed by atoms with Gasteiger partial charge in [0.25, 0.3) is 5.91 Å². The second-order valence-electron chi connectivity index (χ2n) is 7.67. The molecule has 0 saturated heterocycles. The number of fused-ring (bicyclic) bond motifs is 1. The molecule has 1 amide bonds. The largest absolute Gasteiger partial charge is 0.321 e. The predicted octanol–water partition coefficient (Wildman–Crippen LogP) is 5.47. The van der Waals surface area contributed by atoms with Gasteiger partial charge in [-0.1, -0.05) is 31.9 Å². The molecule has 1 N–H and O–H groups in total. The Kier molecular flexibility index (Phi) is 5.69. The maximum atomic E-state index is 12.8. The summed E-state index contributed by atoms with van der Waals surface area (Å²) in [5.41, 5.74) is 2.22. The number of anilines is 1. The molecule has 29 heavy (non-hydrogen) atoms. The van der Waals surface area contributed by atoms with E-state index in [9.17, 15) is 4.79 Å². The first kappa shape index (κ1) is 20.0. The zero-order valence-electron chi connectivity index (χ0n) is 16.8. The highest BCUT2D eigenvalue weighted by Crippen LogP contribution is 2.32. The third-order valence-corrected chi connectivity index (χ3v) is 6.87. The van der Waals surface area contributed by atoms with E-state index in [0.29, 0.717) is 21.5 Å². The van der Waals surface area contributed by atoms with Crippen LogP contribution in [-0.4, -0.2) is 25.7 Å². The Labute approximate surface area is 179 Å². The number of nitrogens with zero attached hydrogens (tertiary/aromatic N) is 4. The van der Waals surface area contributed by atoms with Gasteiger partial charge in [0.15, 0.2) is 5.82 Å². The van der Waals surface area contributed by atoms with E-state index in [0.717, 1.165) is 53.7 Å². The summed E-state index contributed by atoms with van der Waals surface area (Å²) in [5.74, 6) is 1.91. The van der Waals surface area contributed by atoms with Crippen molar-refractivity contribution in [1.82, 2.24) is 19.7 Å². The van der Waals surface area contributed by atoms with E-state index >= 15 is 0 Å². The second kappa shape index (κ2) is 8.24. The molecular formula is C21H24ClN5OS. The van der Waals surface area contributed by atoms with E-state index in [4.69, 9.17) is 11.6 Å². The zero-order chi connectivity index (χ0) is 20.5. The second-order valence-corrected chi connectivity index (χ2v) is 9.11. The van der Waals surface area contributed by atoms with Gasteiger partial charge >= 0.3 is 0 Å². The van der Waals surface area contributed by atoms with Crippen LogP contribution >= 0.6 is 22.9 Å². The molecule has 0 saturated carbocycles. The lowest BCUT2D eigenvalue weighted by Gasteiger charge is -2.11. The van der Waals surface area contributed by atoms with Gasteiger partial charge in [0.2, 0.25) is 0 Å². The molecule has 3 heterocycles. The first-order valence-electron chi connectivity index (χ1n) is 9.94. The molecule has 0 radical (unpaired) electrons. The number of halogens is 1. The fourth-order valence-electron chi connectivity index (χ4n) is 3.52. The van der Waals surface area contributed by atoms with Gasteiger partial charge in [-0.3, -0.25) is 4.79 Å². The summed E-state index contributed by atoms with van der Waals surface area (Å²) in [6.07, 6.45) is 4.37. The van der Waals surface area contributed by atoms with Crippen LogP contribution in [0.4, 0.5) is 5.69 Å². The first-order valence-corrected chi connectivity index (χ1v) is 11.1. The average molecular weight is 430 g/mol. The number of rotatable bonds is 4. The van der Waals surface area contributed by atoms with Crippen LogP contribution in [0, 0.1) is 6.92 Å². The van der Waals surface area contributed by atoms with Gasteiger partial charge in [0, 0.05) is 30.1 Å². The topological polar surface area (TPSA) is 72.7 Å². The number of thiazole rings is 1. The Bertz CT molecular complexity index is 1060. The minimum atomic E-state index is -0.153. The van der Waals surface area contributed by atoms with Gasteiger partial charge in [-0.15, -0.1) is 21.5 Å². The Morgan fingerprint density at radius 2 is 2.07 bits per heavy atom. The molecule has 152 valence electrons. The predicted molar refractivity (Wildman–Crippen MR) is 117 cm³/mol. The first-order chi connectivity index (χ1) is 13.9. The van der Waals surface area contributed by atoms with Gasteiger partial charge in [0.1, 0.15) is 10.7 Å². The standard InChI is InChI=1S/C21H24ClN5OS/c1-12(2)21-23-13(3)18(29-21)20(28)24-14-8-9-16(22)15(11-14)19-26-25-17-7-5-4-6-10-27(17)19/h8-9,11-12H,4-7,10H2,1-3H3,(H,24,28). The van der Waals surface area contributed by atoms with E-state index < -0.39 is 0 Å². The van der Waals surface area contributed by atoms with Crippen LogP contribution in [0.25, 0.3) is 11.4 Å². The van der Waals surface area contributed by atoms with Crippen LogP contribution < -0.4 is 5.32 Å². The molecule has 8 heteroatoms. The third kappa shape index (κ3) is 4.07. The minimum absolute atomic E-state index is 0.153. The number of hydrogen-bond donors (Lipinski definition) is 1. The normalized spacial score (nSPS) is 14.0. The number of hydrogen-bond acceptors (Lipinski definition) is 5. The number of aryl methyl sites for hydroxylation is 2. The molecule has 2 aromatic heterocycles. The lowest BCUT2D eigenvalue weighted by atomic mass is 10.1. The zero-order valence-corrected chi connectivity index (χ0v) is 18.4. The SMILES string of the molecule is Cc1nc(C(C)C)sc1C(=O)Nc1ccc(Cl)c(-c2nnc3n2CCCCC3)c1. The molecule has 1 aliphatic rings. The molecule has 1 aromatic carbocycles. The summed E-state index contributed by atoms with van der Waals surface area (Å²) >= 11 is 7.93. The Morgan fingerprint density at radius 3 is 2.83 bits per heavy atom. The Balaban J connectivity index is 1.63. The summed E-state index contributed by atoms with van der Waals surface area (Å²) in [7, 11) is 0. The van der Waals surface area contributed by atoms with Crippen LogP contribution in [0.3, 0.4) is 0 Å². The smallest absolute Gasteiger partial charge is 0.267 e. The highest BCUT2D eigenvalue weighted by atomic mass is 35.5. The summed E-state index contributed by atoms with van der Waals surface area (Å²) in [5, 5.41) is 13.3. The van der Waals surface area contributed by atoms with Crippen molar-refractivity contribution in [2.24, 2.45) is 0 Å². The molecule has 3 aromatic rings.